The van der Waals surface area contributed by atoms with Gasteiger partial charge in [-0.3, -0.25) is 0 Å². The van der Waals surface area contributed by atoms with E-state index in [9.17, 15) is 0 Å². The van der Waals surface area contributed by atoms with E-state index in [0.717, 1.165) is 5.69 Å². The lowest BCUT2D eigenvalue weighted by Gasteiger charge is -1.89. The zero-order valence-electron chi connectivity index (χ0n) is 8.62. The number of thiazole rings is 1. The van der Waals surface area contributed by atoms with Crippen LogP contribution in [0.2, 0.25) is 0 Å². The summed E-state index contributed by atoms with van der Waals surface area (Å²) in [5, 5.41) is 11.1. The minimum Gasteiger partial charge on any atom is -0.388 e. The van der Waals surface area contributed by atoms with Crippen LogP contribution < -0.4 is 11.5 Å². The second-order valence-electron chi connectivity index (χ2n) is 2.95. The third-order valence-electron chi connectivity index (χ3n) is 1.77. The van der Waals surface area contributed by atoms with E-state index in [0.29, 0.717) is 16.6 Å². The van der Waals surface area contributed by atoms with Crippen LogP contribution in [0.1, 0.15) is 5.82 Å². The minimum atomic E-state index is -0.134. The molecule has 6 N–H and O–H groups in total. The number of aliphatic hydroxyl groups excluding tert-OH is 1. The normalized spacial score (nSPS) is 9.71. The smallest absolute Gasteiger partial charge is 0.212 e. The molecule has 2 aromatic rings. The van der Waals surface area contributed by atoms with Crippen LogP contribution in [0, 0.1) is 0 Å². The van der Waals surface area contributed by atoms with Crippen molar-refractivity contribution in [3.63, 3.8) is 0 Å². The molecule has 17 heavy (non-hydrogen) atoms. The lowest BCUT2D eigenvalue weighted by atomic mass is 10.4. The molecule has 0 fully saturated rings. The fourth-order valence-corrected chi connectivity index (χ4v) is 1.83. The Hall–Kier alpha value is -1.45. The van der Waals surface area contributed by atoms with Gasteiger partial charge in [0.25, 0.3) is 0 Å². The van der Waals surface area contributed by atoms with Gasteiger partial charge in [-0.05, 0) is 0 Å². The fraction of sp³-hybridized carbons (Fsp3) is 0.125. The topological polar surface area (TPSA) is 126 Å². The van der Waals surface area contributed by atoms with E-state index in [1.807, 2.05) is 0 Å². The SMILES string of the molecule is Br.NC(N)=Nc1nc(-c2cnc(CO)[nH]2)cs1. The average molecular weight is 319 g/mol. The summed E-state index contributed by atoms with van der Waals surface area (Å²) >= 11 is 1.32. The summed E-state index contributed by atoms with van der Waals surface area (Å²) in [5.74, 6) is 0.466. The Morgan fingerprint density at radius 3 is 2.88 bits per heavy atom. The van der Waals surface area contributed by atoms with E-state index < -0.39 is 0 Å². The number of rotatable bonds is 3. The molecule has 0 spiro atoms. The molecule has 2 aromatic heterocycles. The van der Waals surface area contributed by atoms with Crippen molar-refractivity contribution in [3.05, 3.63) is 17.4 Å². The highest BCUT2D eigenvalue weighted by atomic mass is 79.9. The highest BCUT2D eigenvalue weighted by Gasteiger charge is 2.07. The second kappa shape index (κ2) is 5.75. The number of imidazole rings is 1. The molecule has 0 aliphatic rings. The Kier molecular flexibility index (Phi) is 4.61. The monoisotopic (exact) mass is 318 g/mol. The minimum absolute atomic E-state index is 0. The first-order valence-corrected chi connectivity index (χ1v) is 5.27. The first-order chi connectivity index (χ1) is 7.69. The van der Waals surface area contributed by atoms with Crippen LogP contribution in [0.15, 0.2) is 16.6 Å². The molecule has 2 rings (SSSR count). The molecule has 0 aliphatic heterocycles. The van der Waals surface area contributed by atoms with Crippen molar-refractivity contribution in [3.8, 4) is 11.4 Å². The first-order valence-electron chi connectivity index (χ1n) is 4.39. The van der Waals surface area contributed by atoms with E-state index in [-0.39, 0.29) is 29.5 Å². The molecule has 7 nitrogen and oxygen atoms in total. The zero-order valence-corrected chi connectivity index (χ0v) is 11.2. The predicted octanol–water partition coefficient (Wildman–Crippen LogP) is 0.508. The number of aromatic amines is 1. The third kappa shape index (κ3) is 3.25. The van der Waals surface area contributed by atoms with Crippen molar-refractivity contribution >= 4 is 39.4 Å². The van der Waals surface area contributed by atoms with Crippen molar-refractivity contribution < 1.29 is 5.11 Å². The maximum atomic E-state index is 8.86. The van der Waals surface area contributed by atoms with Crippen molar-refractivity contribution in [2.75, 3.05) is 0 Å². The number of H-pyrrole nitrogens is 1. The van der Waals surface area contributed by atoms with Gasteiger partial charge in [-0.25, -0.2) is 9.97 Å². The van der Waals surface area contributed by atoms with E-state index in [4.69, 9.17) is 16.6 Å². The number of nitrogens with one attached hydrogen (secondary N) is 1. The largest absolute Gasteiger partial charge is 0.388 e. The Morgan fingerprint density at radius 2 is 2.29 bits per heavy atom. The molecule has 0 saturated heterocycles. The number of guanidine groups is 1. The average Bonchev–Trinajstić information content (AvgIpc) is 2.83. The molecule has 0 unspecified atom stereocenters. The first kappa shape index (κ1) is 13.6. The van der Waals surface area contributed by atoms with E-state index in [1.165, 1.54) is 11.3 Å². The van der Waals surface area contributed by atoms with Gasteiger partial charge in [-0.15, -0.1) is 28.3 Å². The number of aliphatic hydroxyl groups is 1. The molecular formula is C8H11BrN6OS. The number of nitrogens with zero attached hydrogens (tertiary/aromatic N) is 3. The zero-order chi connectivity index (χ0) is 11.5. The number of aliphatic imine (C=N–C) groups is 1. The van der Waals surface area contributed by atoms with Crippen molar-refractivity contribution in [1.29, 1.82) is 0 Å². The van der Waals surface area contributed by atoms with Gasteiger partial charge in [0, 0.05) is 5.38 Å². The van der Waals surface area contributed by atoms with E-state index in [1.54, 1.807) is 11.6 Å². The van der Waals surface area contributed by atoms with Gasteiger partial charge < -0.3 is 21.6 Å². The summed E-state index contributed by atoms with van der Waals surface area (Å²) in [6, 6.07) is 0. The van der Waals surface area contributed by atoms with Crippen LogP contribution in [0.25, 0.3) is 11.4 Å². The van der Waals surface area contributed by atoms with Gasteiger partial charge in [0.2, 0.25) is 5.13 Å². The molecule has 0 aliphatic carbocycles. The summed E-state index contributed by atoms with van der Waals surface area (Å²) in [6.45, 7) is -0.134. The number of aromatic nitrogens is 3. The quantitative estimate of drug-likeness (QED) is 0.484. The summed E-state index contributed by atoms with van der Waals surface area (Å²) in [6.07, 6.45) is 1.60. The summed E-state index contributed by atoms with van der Waals surface area (Å²) in [4.78, 5) is 14.9. The highest BCUT2D eigenvalue weighted by Crippen LogP contribution is 2.25. The third-order valence-corrected chi connectivity index (χ3v) is 2.51. The highest BCUT2D eigenvalue weighted by molar-refractivity contribution is 8.93. The number of nitrogens with two attached hydrogens (primary N) is 2. The Bertz CT molecular complexity index is 518. The Balaban J connectivity index is 0.00000144. The van der Waals surface area contributed by atoms with Crippen molar-refractivity contribution in [2.45, 2.75) is 6.61 Å². The van der Waals surface area contributed by atoms with Crippen LogP contribution >= 0.6 is 28.3 Å². The number of hydrogen-bond acceptors (Lipinski definition) is 5. The number of hydrogen-bond donors (Lipinski definition) is 4. The molecule has 92 valence electrons. The predicted molar refractivity (Wildman–Crippen MR) is 71.4 cm³/mol. The molecule has 9 heteroatoms. The summed E-state index contributed by atoms with van der Waals surface area (Å²) in [7, 11) is 0. The molecule has 0 aromatic carbocycles. The second-order valence-corrected chi connectivity index (χ2v) is 3.79. The summed E-state index contributed by atoms with van der Waals surface area (Å²) in [5.41, 5.74) is 11.9. The standard InChI is InChI=1S/C8H10N6OS.BrH/c9-7(10)14-8-13-5(3-16-8)4-1-11-6(2-15)12-4;/h1,3,15H,2H2,(H,11,12)(H4,9,10,13,14);1H. The van der Waals surface area contributed by atoms with Crippen LogP contribution in [0.3, 0.4) is 0 Å². The lowest BCUT2D eigenvalue weighted by Crippen LogP contribution is -2.21. The van der Waals surface area contributed by atoms with E-state index in [2.05, 4.69) is 19.9 Å². The van der Waals surface area contributed by atoms with Crippen LogP contribution in [0.4, 0.5) is 5.13 Å². The van der Waals surface area contributed by atoms with Gasteiger partial charge in [0.1, 0.15) is 18.1 Å². The van der Waals surface area contributed by atoms with E-state index >= 15 is 0 Å². The number of halogens is 1. The Labute approximate surface area is 111 Å². The lowest BCUT2D eigenvalue weighted by molar-refractivity contribution is 0.272. The van der Waals surface area contributed by atoms with Gasteiger partial charge in [-0.2, -0.15) is 4.99 Å². The van der Waals surface area contributed by atoms with Crippen LogP contribution in [-0.2, 0) is 6.61 Å². The maximum absolute atomic E-state index is 8.86. The molecule has 2 heterocycles. The Morgan fingerprint density at radius 1 is 1.53 bits per heavy atom. The molecular weight excluding hydrogens is 308 g/mol. The van der Waals surface area contributed by atoms with Crippen molar-refractivity contribution in [1.82, 2.24) is 15.0 Å². The molecule has 0 saturated carbocycles. The van der Waals surface area contributed by atoms with Gasteiger partial charge >= 0.3 is 0 Å². The fourth-order valence-electron chi connectivity index (χ4n) is 1.12. The summed E-state index contributed by atoms with van der Waals surface area (Å²) < 4.78 is 0. The van der Waals surface area contributed by atoms with Crippen molar-refractivity contribution in [2.24, 2.45) is 16.5 Å². The van der Waals surface area contributed by atoms with Crippen LogP contribution in [-0.4, -0.2) is 26.0 Å². The molecule has 0 radical (unpaired) electrons. The van der Waals surface area contributed by atoms with Gasteiger partial charge in [0.05, 0.1) is 11.9 Å². The maximum Gasteiger partial charge on any atom is 0.212 e. The van der Waals surface area contributed by atoms with Crippen LogP contribution in [0.5, 0.6) is 0 Å². The molecule has 0 amide bonds. The molecule has 0 atom stereocenters. The van der Waals surface area contributed by atoms with Gasteiger partial charge in [-0.1, -0.05) is 0 Å². The molecule has 0 bridgehead atoms. The van der Waals surface area contributed by atoms with Gasteiger partial charge in [0.15, 0.2) is 5.96 Å².